The zero-order valence-corrected chi connectivity index (χ0v) is 17.5. The molecule has 1 N–H and O–H groups in total. The molecule has 0 saturated heterocycles. The van der Waals surface area contributed by atoms with Gasteiger partial charge in [-0.05, 0) is 30.3 Å². The molecule has 7 nitrogen and oxygen atoms in total. The minimum absolute atomic E-state index is 0.0361. The molecule has 0 atom stereocenters. The van der Waals surface area contributed by atoms with E-state index in [2.05, 4.69) is 15.0 Å². The van der Waals surface area contributed by atoms with Gasteiger partial charge in [-0.15, -0.1) is 11.3 Å². The maximum Gasteiger partial charge on any atom is 0.433 e. The summed E-state index contributed by atoms with van der Waals surface area (Å²) in [6, 6.07) is 9.60. The highest BCUT2D eigenvalue weighted by molar-refractivity contribution is 7.88. The second kappa shape index (κ2) is 7.71. The first kappa shape index (κ1) is 21.4. The molecule has 0 fully saturated rings. The molecule has 31 heavy (non-hydrogen) atoms. The summed E-state index contributed by atoms with van der Waals surface area (Å²) in [4.78, 5) is 12.3. The smallest absolute Gasteiger partial charge is 0.281 e. The van der Waals surface area contributed by atoms with Crippen molar-refractivity contribution in [3.05, 3.63) is 65.7 Å². The fourth-order valence-corrected chi connectivity index (χ4v) is 4.38. The van der Waals surface area contributed by atoms with Crippen molar-refractivity contribution in [3.8, 4) is 27.8 Å². The Labute approximate surface area is 182 Å². The third-order valence-corrected chi connectivity index (χ3v) is 6.73. The normalized spacial score (nSPS) is 12.3. The van der Waals surface area contributed by atoms with Crippen LogP contribution < -0.4 is 0 Å². The highest BCUT2D eigenvalue weighted by Crippen LogP contribution is 2.32. The van der Waals surface area contributed by atoms with E-state index in [1.165, 1.54) is 53.5 Å². The van der Waals surface area contributed by atoms with Gasteiger partial charge in [0.05, 0.1) is 16.3 Å². The maximum atomic E-state index is 13.4. The zero-order chi connectivity index (χ0) is 22.4. The molecule has 0 spiro atoms. The SMILES string of the molecule is O=S(=O)(O)c1ccc(-c2cn(-c3nc(-c4ccc(Cl)cc4)cc(C(F)(F)F)n3)cn2)s1. The molecule has 3 heterocycles. The van der Waals surface area contributed by atoms with E-state index >= 15 is 0 Å². The molecule has 0 radical (unpaired) electrons. The fraction of sp³-hybridized carbons (Fsp3) is 0.0556. The van der Waals surface area contributed by atoms with Crippen molar-refractivity contribution in [1.82, 2.24) is 19.5 Å². The number of thiophene rings is 1. The molecule has 13 heteroatoms. The third kappa shape index (κ3) is 4.61. The molecule has 160 valence electrons. The van der Waals surface area contributed by atoms with Crippen molar-refractivity contribution in [2.24, 2.45) is 0 Å². The van der Waals surface area contributed by atoms with Crippen molar-refractivity contribution in [3.63, 3.8) is 0 Å². The van der Waals surface area contributed by atoms with E-state index in [9.17, 15) is 21.6 Å². The number of alkyl halides is 3. The second-order valence-electron chi connectivity index (χ2n) is 6.20. The van der Waals surface area contributed by atoms with Crippen LogP contribution in [0.25, 0.3) is 27.8 Å². The van der Waals surface area contributed by atoms with Crippen LogP contribution in [-0.2, 0) is 16.3 Å². The Morgan fingerprint density at radius 1 is 1.03 bits per heavy atom. The van der Waals surface area contributed by atoms with Crippen molar-refractivity contribution in [2.75, 3.05) is 0 Å². The summed E-state index contributed by atoms with van der Waals surface area (Å²) in [6.45, 7) is 0. The van der Waals surface area contributed by atoms with Gasteiger partial charge in [0, 0.05) is 16.8 Å². The van der Waals surface area contributed by atoms with E-state index in [0.29, 0.717) is 15.5 Å². The van der Waals surface area contributed by atoms with Gasteiger partial charge in [0.1, 0.15) is 10.5 Å². The van der Waals surface area contributed by atoms with E-state index in [1.54, 1.807) is 0 Å². The number of hydrogen-bond donors (Lipinski definition) is 1. The average Bonchev–Trinajstić information content (AvgIpc) is 3.37. The second-order valence-corrected chi connectivity index (χ2v) is 9.37. The van der Waals surface area contributed by atoms with E-state index < -0.39 is 22.0 Å². The van der Waals surface area contributed by atoms with Gasteiger partial charge in [-0.1, -0.05) is 23.7 Å². The Kier molecular flexibility index (Phi) is 5.33. The maximum absolute atomic E-state index is 13.4. The van der Waals surface area contributed by atoms with Crippen LogP contribution in [0.1, 0.15) is 5.69 Å². The summed E-state index contributed by atoms with van der Waals surface area (Å²) >= 11 is 6.61. The first-order valence-corrected chi connectivity index (χ1v) is 11.0. The number of hydrogen-bond acceptors (Lipinski definition) is 6. The van der Waals surface area contributed by atoms with Crippen molar-refractivity contribution >= 4 is 33.1 Å². The molecule has 0 aliphatic carbocycles. The lowest BCUT2D eigenvalue weighted by atomic mass is 10.1. The molecular weight excluding hydrogens is 477 g/mol. The predicted octanol–water partition coefficient (Wildman–Crippen LogP) is 4.98. The Morgan fingerprint density at radius 2 is 1.74 bits per heavy atom. The molecule has 0 aliphatic heterocycles. The van der Waals surface area contributed by atoms with Gasteiger partial charge in [-0.2, -0.15) is 21.6 Å². The lowest BCUT2D eigenvalue weighted by molar-refractivity contribution is -0.141. The van der Waals surface area contributed by atoms with Crippen molar-refractivity contribution in [2.45, 2.75) is 10.4 Å². The Bertz CT molecular complexity index is 1370. The Morgan fingerprint density at radius 3 is 2.35 bits per heavy atom. The summed E-state index contributed by atoms with van der Waals surface area (Å²) in [5.41, 5.74) is -0.416. The summed E-state index contributed by atoms with van der Waals surface area (Å²) in [5.74, 6) is -0.273. The quantitative estimate of drug-likeness (QED) is 0.409. The lowest BCUT2D eigenvalue weighted by Crippen LogP contribution is -2.12. The van der Waals surface area contributed by atoms with Crippen LogP contribution in [-0.4, -0.2) is 32.5 Å². The van der Waals surface area contributed by atoms with Gasteiger partial charge in [0.15, 0.2) is 5.69 Å². The van der Waals surface area contributed by atoms with Crippen LogP contribution in [0.2, 0.25) is 5.02 Å². The van der Waals surface area contributed by atoms with Gasteiger partial charge >= 0.3 is 16.3 Å². The van der Waals surface area contributed by atoms with Crippen molar-refractivity contribution in [1.29, 1.82) is 0 Å². The molecule has 0 bridgehead atoms. The molecule has 1 aromatic carbocycles. The topological polar surface area (TPSA) is 98.0 Å². The number of benzene rings is 1. The lowest BCUT2D eigenvalue weighted by Gasteiger charge is -2.11. The van der Waals surface area contributed by atoms with Crippen molar-refractivity contribution < 1.29 is 26.1 Å². The first-order chi connectivity index (χ1) is 14.5. The van der Waals surface area contributed by atoms with Crippen LogP contribution in [0.15, 0.2) is 59.2 Å². The van der Waals surface area contributed by atoms with Crippen LogP contribution >= 0.6 is 22.9 Å². The van der Waals surface area contributed by atoms with Crippen LogP contribution in [0, 0.1) is 0 Å². The summed E-state index contributed by atoms with van der Waals surface area (Å²) in [6.07, 6.45) is -2.13. The van der Waals surface area contributed by atoms with E-state index in [0.717, 1.165) is 17.4 Å². The third-order valence-electron chi connectivity index (χ3n) is 4.05. The number of aromatic nitrogens is 4. The Hall–Kier alpha value is -2.80. The van der Waals surface area contributed by atoms with E-state index in [4.69, 9.17) is 16.2 Å². The summed E-state index contributed by atoms with van der Waals surface area (Å²) in [5, 5.41) is 0.425. The number of imidazole rings is 1. The molecule has 3 aromatic heterocycles. The van der Waals surface area contributed by atoms with Crippen LogP contribution in [0.5, 0.6) is 0 Å². The number of nitrogens with zero attached hydrogens (tertiary/aromatic N) is 4. The fourth-order valence-electron chi connectivity index (χ4n) is 2.62. The zero-order valence-electron chi connectivity index (χ0n) is 15.1. The van der Waals surface area contributed by atoms with Gasteiger partial charge in [-0.25, -0.2) is 15.0 Å². The minimum atomic E-state index is -4.71. The molecular formula is C18H10ClF3N4O3S2. The highest BCUT2D eigenvalue weighted by Gasteiger charge is 2.34. The standard InChI is InChI=1S/C18H10ClF3N4O3S2/c19-11-3-1-10(2-4-11)12-7-15(18(20,21)22)25-17(24-12)26-8-13(23-9-26)14-5-6-16(30-14)31(27,28)29/h1-9H,(H,27,28,29). The minimum Gasteiger partial charge on any atom is -0.281 e. The van der Waals surface area contributed by atoms with E-state index in [-0.39, 0.29) is 21.5 Å². The summed E-state index contributed by atoms with van der Waals surface area (Å²) in [7, 11) is -4.37. The molecule has 0 unspecified atom stereocenters. The van der Waals surface area contributed by atoms with Gasteiger partial charge in [0.25, 0.3) is 0 Å². The number of halogens is 4. The highest BCUT2D eigenvalue weighted by atomic mass is 35.5. The van der Waals surface area contributed by atoms with Gasteiger partial charge in [-0.3, -0.25) is 9.12 Å². The van der Waals surface area contributed by atoms with Crippen LogP contribution in [0.3, 0.4) is 0 Å². The first-order valence-electron chi connectivity index (χ1n) is 8.35. The molecule has 4 aromatic rings. The van der Waals surface area contributed by atoms with E-state index in [1.807, 2.05) is 0 Å². The molecule has 0 amide bonds. The monoisotopic (exact) mass is 486 g/mol. The predicted molar refractivity (Wildman–Crippen MR) is 108 cm³/mol. The van der Waals surface area contributed by atoms with Crippen LogP contribution in [0.4, 0.5) is 13.2 Å². The average molecular weight is 487 g/mol. The van der Waals surface area contributed by atoms with Gasteiger partial charge in [0.2, 0.25) is 5.95 Å². The Balaban J connectivity index is 1.78. The van der Waals surface area contributed by atoms with Gasteiger partial charge < -0.3 is 0 Å². The number of rotatable bonds is 4. The molecule has 4 rings (SSSR count). The largest absolute Gasteiger partial charge is 0.433 e. The molecule has 0 aliphatic rings. The molecule has 0 saturated carbocycles. The summed E-state index contributed by atoms with van der Waals surface area (Å²) < 4.78 is 72.7.